The van der Waals surface area contributed by atoms with E-state index < -0.39 is 29.2 Å². The van der Waals surface area contributed by atoms with E-state index in [1.807, 2.05) is 0 Å². The first-order valence-corrected chi connectivity index (χ1v) is 8.83. The molecule has 0 fully saturated rings. The van der Waals surface area contributed by atoms with Crippen LogP contribution in [-0.4, -0.2) is 43.2 Å². The van der Waals surface area contributed by atoms with Crippen molar-refractivity contribution in [2.24, 2.45) is 7.05 Å². The molecule has 0 unspecified atom stereocenters. The van der Waals surface area contributed by atoms with Gasteiger partial charge in [-0.05, 0) is 25.1 Å². The summed E-state index contributed by atoms with van der Waals surface area (Å²) in [5.41, 5.74) is -1.16. The van der Waals surface area contributed by atoms with Crippen molar-refractivity contribution in [3.05, 3.63) is 64.2 Å². The van der Waals surface area contributed by atoms with Gasteiger partial charge in [0.25, 0.3) is 11.5 Å². The average Bonchev–Trinajstić information content (AvgIpc) is 3.13. The molecule has 1 amide bonds. The number of aliphatic hydroxyl groups excluding tert-OH is 1. The van der Waals surface area contributed by atoms with Crippen LogP contribution >= 0.6 is 0 Å². The van der Waals surface area contributed by atoms with Crippen LogP contribution in [0.5, 0.6) is 0 Å². The Bertz CT molecular complexity index is 1120. The van der Waals surface area contributed by atoms with Crippen LogP contribution in [-0.2, 0) is 13.2 Å². The molecule has 30 heavy (non-hydrogen) atoms. The van der Waals surface area contributed by atoms with Crippen molar-refractivity contribution in [2.75, 3.05) is 6.61 Å². The van der Waals surface area contributed by atoms with E-state index in [4.69, 9.17) is 5.11 Å². The molecule has 0 aliphatic carbocycles. The number of aliphatic hydroxyl groups is 1. The van der Waals surface area contributed by atoms with Gasteiger partial charge >= 0.3 is 6.18 Å². The summed E-state index contributed by atoms with van der Waals surface area (Å²) in [6, 6.07) is 4.81. The minimum Gasteiger partial charge on any atom is -0.394 e. The van der Waals surface area contributed by atoms with Gasteiger partial charge in [0.2, 0.25) is 0 Å². The first kappa shape index (κ1) is 21.2. The monoisotopic (exact) mass is 421 g/mol. The minimum atomic E-state index is -4.49. The zero-order valence-corrected chi connectivity index (χ0v) is 16.0. The molecule has 0 aliphatic rings. The number of nitrogens with one attached hydrogen (secondary N) is 1. The predicted molar refractivity (Wildman–Crippen MR) is 101 cm³/mol. The molecule has 158 valence electrons. The van der Waals surface area contributed by atoms with Crippen molar-refractivity contribution < 1.29 is 23.1 Å². The van der Waals surface area contributed by atoms with Gasteiger partial charge in [-0.15, -0.1) is 0 Å². The van der Waals surface area contributed by atoms with E-state index >= 15 is 0 Å². The number of hydrogen-bond acceptors (Lipinski definition) is 5. The highest BCUT2D eigenvalue weighted by Gasteiger charge is 2.30. The normalized spacial score (nSPS) is 12.6. The molecule has 1 atom stereocenters. The van der Waals surface area contributed by atoms with Gasteiger partial charge in [-0.2, -0.15) is 28.1 Å². The number of aromatic nitrogens is 4. The van der Waals surface area contributed by atoms with E-state index in [9.17, 15) is 22.8 Å². The molecule has 0 saturated heterocycles. The Balaban J connectivity index is 2.14. The van der Waals surface area contributed by atoms with Gasteiger partial charge in [0.15, 0.2) is 0 Å². The molecule has 1 aromatic carbocycles. The van der Waals surface area contributed by atoms with Crippen molar-refractivity contribution in [1.29, 1.82) is 0 Å². The number of rotatable bonds is 5. The topological polar surface area (TPSA) is 102 Å². The minimum absolute atomic E-state index is 0.119. The highest BCUT2D eigenvalue weighted by Crippen LogP contribution is 2.30. The van der Waals surface area contributed by atoms with Gasteiger partial charge in [-0.25, -0.2) is 0 Å². The Hall–Kier alpha value is -3.47. The molecule has 0 spiro atoms. The Kier molecular flexibility index (Phi) is 5.74. The number of amides is 1. The number of aryl methyl sites for hydroxylation is 1. The molecule has 11 heteroatoms. The summed E-state index contributed by atoms with van der Waals surface area (Å²) in [5.74, 6) is -0.741. The lowest BCUT2D eigenvalue weighted by atomic mass is 10.1. The molecule has 0 bridgehead atoms. The van der Waals surface area contributed by atoms with Crippen LogP contribution in [0.25, 0.3) is 16.9 Å². The summed E-state index contributed by atoms with van der Waals surface area (Å²) in [6.07, 6.45) is -1.63. The van der Waals surface area contributed by atoms with E-state index in [0.29, 0.717) is 0 Å². The lowest BCUT2D eigenvalue weighted by molar-refractivity contribution is -0.137. The van der Waals surface area contributed by atoms with E-state index in [-0.39, 0.29) is 29.1 Å². The Morgan fingerprint density at radius 3 is 2.47 bits per heavy atom. The van der Waals surface area contributed by atoms with Crippen LogP contribution in [0.1, 0.15) is 22.8 Å². The largest absolute Gasteiger partial charge is 0.416 e. The summed E-state index contributed by atoms with van der Waals surface area (Å²) in [6.45, 7) is 1.22. The van der Waals surface area contributed by atoms with Crippen molar-refractivity contribution in [3.8, 4) is 16.9 Å². The number of benzene rings is 1. The molecule has 8 nitrogen and oxygen atoms in total. The number of halogens is 3. The van der Waals surface area contributed by atoms with E-state index in [0.717, 1.165) is 16.8 Å². The van der Waals surface area contributed by atoms with Crippen molar-refractivity contribution in [2.45, 2.75) is 19.1 Å². The van der Waals surface area contributed by atoms with E-state index in [1.165, 1.54) is 35.3 Å². The second-order valence-electron chi connectivity index (χ2n) is 6.66. The average molecular weight is 421 g/mol. The van der Waals surface area contributed by atoms with Crippen LogP contribution in [0.15, 0.2) is 47.5 Å². The van der Waals surface area contributed by atoms with Crippen molar-refractivity contribution >= 4 is 5.91 Å². The number of carbonyl (C=O) groups is 1. The van der Waals surface area contributed by atoms with Gasteiger partial charge in [0, 0.05) is 18.7 Å². The zero-order chi connectivity index (χ0) is 22.1. The second-order valence-corrected chi connectivity index (χ2v) is 6.66. The zero-order valence-electron chi connectivity index (χ0n) is 16.0. The second kappa shape index (κ2) is 8.11. The van der Waals surface area contributed by atoms with Gasteiger partial charge in [-0.3, -0.25) is 14.3 Å². The first-order chi connectivity index (χ1) is 14.1. The lowest BCUT2D eigenvalue weighted by Gasteiger charge is -2.13. The van der Waals surface area contributed by atoms with Crippen LogP contribution in [0.3, 0.4) is 0 Å². The summed E-state index contributed by atoms with van der Waals surface area (Å²) in [5, 5.41) is 19.8. The number of carbonyl (C=O) groups excluding carboxylic acids is 1. The molecule has 2 heterocycles. The molecular formula is C19H18F3N5O3. The fourth-order valence-corrected chi connectivity index (χ4v) is 2.67. The standard InChI is InChI=1S/C19H18F3N5O3/c1-11(10-28)24-17(29)15-7-16(12-3-5-13(6-4-12)19(20,21)22)25-27(18(15)30)14-8-23-26(2)9-14/h3-9,11,28H,10H2,1-2H3,(H,24,29)/t11-/m1/s1. The van der Waals surface area contributed by atoms with Gasteiger partial charge in [0.05, 0.1) is 30.3 Å². The number of alkyl halides is 3. The highest BCUT2D eigenvalue weighted by molar-refractivity contribution is 5.95. The van der Waals surface area contributed by atoms with E-state index in [2.05, 4.69) is 15.5 Å². The Labute approximate surface area is 168 Å². The third kappa shape index (κ3) is 4.40. The number of nitrogens with zero attached hydrogens (tertiary/aromatic N) is 4. The van der Waals surface area contributed by atoms with Crippen LogP contribution in [0.2, 0.25) is 0 Å². The van der Waals surface area contributed by atoms with Crippen LogP contribution < -0.4 is 10.9 Å². The fourth-order valence-electron chi connectivity index (χ4n) is 2.67. The lowest BCUT2D eigenvalue weighted by Crippen LogP contribution is -2.39. The van der Waals surface area contributed by atoms with Crippen molar-refractivity contribution in [3.63, 3.8) is 0 Å². The van der Waals surface area contributed by atoms with Crippen LogP contribution in [0, 0.1) is 0 Å². The predicted octanol–water partition coefficient (Wildman–Crippen LogP) is 1.76. The fraction of sp³-hybridized carbons (Fsp3) is 0.263. The van der Waals surface area contributed by atoms with Crippen LogP contribution in [0.4, 0.5) is 13.2 Å². The maximum atomic E-state index is 12.9. The molecule has 3 rings (SSSR count). The molecular weight excluding hydrogens is 403 g/mol. The summed E-state index contributed by atoms with van der Waals surface area (Å²) < 4.78 is 40.9. The SMILES string of the molecule is C[C@H](CO)NC(=O)c1cc(-c2ccc(C(F)(F)F)cc2)nn(-c2cnn(C)c2)c1=O. The van der Waals surface area contributed by atoms with Crippen molar-refractivity contribution in [1.82, 2.24) is 24.9 Å². The summed E-state index contributed by atoms with van der Waals surface area (Å²) in [4.78, 5) is 25.4. The third-order valence-electron chi connectivity index (χ3n) is 4.25. The maximum absolute atomic E-state index is 12.9. The smallest absolute Gasteiger partial charge is 0.394 e. The highest BCUT2D eigenvalue weighted by atomic mass is 19.4. The maximum Gasteiger partial charge on any atom is 0.416 e. The molecule has 0 saturated carbocycles. The third-order valence-corrected chi connectivity index (χ3v) is 4.25. The molecule has 0 radical (unpaired) electrons. The summed E-state index contributed by atoms with van der Waals surface area (Å²) >= 11 is 0. The molecule has 3 aromatic rings. The van der Waals surface area contributed by atoms with Gasteiger partial charge in [0.1, 0.15) is 11.3 Å². The number of hydrogen-bond donors (Lipinski definition) is 2. The quantitative estimate of drug-likeness (QED) is 0.654. The molecule has 2 N–H and O–H groups in total. The molecule has 0 aliphatic heterocycles. The first-order valence-electron chi connectivity index (χ1n) is 8.83. The molecule has 2 aromatic heterocycles. The Morgan fingerprint density at radius 2 is 1.93 bits per heavy atom. The van der Waals surface area contributed by atoms with Gasteiger partial charge < -0.3 is 10.4 Å². The summed E-state index contributed by atoms with van der Waals surface area (Å²) in [7, 11) is 1.63. The van der Waals surface area contributed by atoms with Gasteiger partial charge in [-0.1, -0.05) is 12.1 Å². The Morgan fingerprint density at radius 1 is 1.27 bits per heavy atom. The van der Waals surface area contributed by atoms with E-state index in [1.54, 1.807) is 14.0 Å².